The molecule has 0 saturated carbocycles. The van der Waals surface area contributed by atoms with Gasteiger partial charge in [0.2, 0.25) is 5.88 Å². The van der Waals surface area contributed by atoms with Crippen molar-refractivity contribution in [2.75, 3.05) is 27.2 Å². The molecule has 0 fully saturated rings. The molecule has 0 aliphatic carbocycles. The zero-order valence-corrected chi connectivity index (χ0v) is 12.7. The molecule has 0 aliphatic heterocycles. The van der Waals surface area contributed by atoms with Crippen LogP contribution in [0, 0.1) is 10.1 Å². The van der Waals surface area contributed by atoms with Gasteiger partial charge >= 0.3 is 0 Å². The van der Waals surface area contributed by atoms with Gasteiger partial charge in [-0.3, -0.25) is 10.1 Å². The molecular weight excluding hydrogens is 258 g/mol. The van der Waals surface area contributed by atoms with E-state index in [2.05, 4.69) is 4.98 Å². The number of nitrogens with zero attached hydrogens (tertiary/aromatic N) is 3. The van der Waals surface area contributed by atoms with E-state index in [-0.39, 0.29) is 13.1 Å². The third-order valence-corrected chi connectivity index (χ3v) is 1.72. The van der Waals surface area contributed by atoms with Gasteiger partial charge in [0, 0.05) is 18.7 Å². The van der Waals surface area contributed by atoms with Crippen molar-refractivity contribution < 1.29 is 9.66 Å². The summed E-state index contributed by atoms with van der Waals surface area (Å²) in [5.74, 6) is 0.405. The van der Waals surface area contributed by atoms with Crippen LogP contribution in [0.15, 0.2) is 18.3 Å². The Kier molecular flexibility index (Phi) is 18.0. The number of hydrogen-bond acceptors (Lipinski definition) is 5. The maximum atomic E-state index is 10.3. The summed E-state index contributed by atoms with van der Waals surface area (Å²) in [7, 11) is 3.87. The second-order valence-electron chi connectivity index (χ2n) is 3.26. The van der Waals surface area contributed by atoms with Crippen molar-refractivity contribution in [1.82, 2.24) is 9.88 Å². The molecule has 1 heterocycles. The highest BCUT2D eigenvalue weighted by atomic mass is 16.6. The third-order valence-electron chi connectivity index (χ3n) is 1.72. The van der Waals surface area contributed by atoms with E-state index < -0.39 is 4.92 Å². The standard InChI is InChI=1S/C9H13N3O3.2C2H6.CH4/c1-11(2)5-6-15-9-4-3-8(7-10-9)12(13)14;2*1-2;/h3-4,7H,5-6H2,1-2H3;2*1-2H3;1H4. The molecule has 6 nitrogen and oxygen atoms in total. The number of ether oxygens (including phenoxy) is 1. The first-order valence-electron chi connectivity index (χ1n) is 6.47. The van der Waals surface area contributed by atoms with Crippen LogP contribution in [-0.2, 0) is 0 Å². The van der Waals surface area contributed by atoms with Crippen molar-refractivity contribution in [3.8, 4) is 5.88 Å². The van der Waals surface area contributed by atoms with Gasteiger partial charge in [-0.1, -0.05) is 35.1 Å². The van der Waals surface area contributed by atoms with Crippen LogP contribution in [0.2, 0.25) is 0 Å². The Hall–Kier alpha value is -1.69. The monoisotopic (exact) mass is 287 g/mol. The van der Waals surface area contributed by atoms with Crippen LogP contribution >= 0.6 is 0 Å². The van der Waals surface area contributed by atoms with Gasteiger partial charge in [0.05, 0.1) is 4.92 Å². The van der Waals surface area contributed by atoms with Crippen LogP contribution < -0.4 is 4.74 Å². The number of hydrogen-bond donors (Lipinski definition) is 0. The van der Waals surface area contributed by atoms with E-state index >= 15 is 0 Å². The topological polar surface area (TPSA) is 68.5 Å². The Morgan fingerprint density at radius 3 is 2.15 bits per heavy atom. The van der Waals surface area contributed by atoms with E-state index in [0.717, 1.165) is 6.54 Å². The van der Waals surface area contributed by atoms with Crippen LogP contribution in [0.25, 0.3) is 0 Å². The smallest absolute Gasteiger partial charge is 0.287 e. The van der Waals surface area contributed by atoms with Crippen LogP contribution in [0.3, 0.4) is 0 Å². The lowest BCUT2D eigenvalue weighted by Gasteiger charge is -2.09. The molecule has 1 aromatic heterocycles. The van der Waals surface area contributed by atoms with Gasteiger partial charge in [-0.05, 0) is 14.1 Å². The van der Waals surface area contributed by atoms with Crippen molar-refractivity contribution in [2.45, 2.75) is 35.1 Å². The Morgan fingerprint density at radius 2 is 1.80 bits per heavy atom. The van der Waals surface area contributed by atoms with Gasteiger partial charge in [0.15, 0.2) is 0 Å². The minimum atomic E-state index is -0.489. The molecule has 0 bridgehead atoms. The number of aromatic nitrogens is 1. The molecule has 0 spiro atoms. The zero-order valence-electron chi connectivity index (χ0n) is 12.7. The summed E-state index contributed by atoms with van der Waals surface area (Å²) in [6.45, 7) is 9.29. The Balaban J connectivity index is -0.000000529. The molecule has 0 atom stereocenters. The quantitative estimate of drug-likeness (QED) is 0.611. The van der Waals surface area contributed by atoms with Crippen LogP contribution in [-0.4, -0.2) is 42.1 Å². The second-order valence-corrected chi connectivity index (χ2v) is 3.26. The SMILES string of the molecule is C.CC.CC.CN(C)CCOc1ccc([N+](=O)[O-])cn1. The minimum Gasteiger partial charge on any atom is -0.476 e. The first-order chi connectivity index (χ1) is 9.09. The number of nitro groups is 1. The molecule has 0 aromatic carbocycles. The fourth-order valence-corrected chi connectivity index (χ4v) is 0.899. The average Bonchev–Trinajstić information content (AvgIpc) is 2.43. The highest BCUT2D eigenvalue weighted by molar-refractivity contribution is 5.28. The van der Waals surface area contributed by atoms with Crippen molar-refractivity contribution in [1.29, 1.82) is 0 Å². The highest BCUT2D eigenvalue weighted by Gasteiger charge is 2.05. The molecule has 1 aromatic rings. The molecule has 1 rings (SSSR count). The van der Waals surface area contributed by atoms with Gasteiger partial charge in [-0.2, -0.15) is 0 Å². The Labute approximate surface area is 122 Å². The normalized spacial score (nSPS) is 8.35. The summed E-state index contributed by atoms with van der Waals surface area (Å²) in [4.78, 5) is 15.6. The summed E-state index contributed by atoms with van der Waals surface area (Å²) in [5.41, 5.74) is -0.0324. The fourth-order valence-electron chi connectivity index (χ4n) is 0.899. The fraction of sp³-hybridized carbons (Fsp3) is 0.643. The Morgan fingerprint density at radius 1 is 1.25 bits per heavy atom. The predicted molar refractivity (Wildman–Crippen MR) is 84.4 cm³/mol. The summed E-state index contributed by atoms with van der Waals surface area (Å²) in [6, 6.07) is 2.87. The molecule has 0 N–H and O–H groups in total. The van der Waals surface area contributed by atoms with E-state index in [1.54, 1.807) is 0 Å². The molecule has 0 amide bonds. The molecule has 20 heavy (non-hydrogen) atoms. The molecule has 0 saturated heterocycles. The van der Waals surface area contributed by atoms with Crippen molar-refractivity contribution in [3.05, 3.63) is 28.4 Å². The summed E-state index contributed by atoms with van der Waals surface area (Å²) >= 11 is 0. The maximum absolute atomic E-state index is 10.3. The molecule has 118 valence electrons. The second kappa shape index (κ2) is 15.4. The summed E-state index contributed by atoms with van der Waals surface area (Å²) in [5, 5.41) is 10.3. The van der Waals surface area contributed by atoms with E-state index in [1.165, 1.54) is 18.3 Å². The largest absolute Gasteiger partial charge is 0.476 e. The first kappa shape index (κ1) is 23.4. The van der Waals surface area contributed by atoms with Gasteiger partial charge in [-0.25, -0.2) is 4.98 Å². The van der Waals surface area contributed by atoms with E-state index in [1.807, 2.05) is 46.7 Å². The molecule has 0 aliphatic rings. The maximum Gasteiger partial charge on any atom is 0.287 e. The van der Waals surface area contributed by atoms with Crippen LogP contribution in [0.1, 0.15) is 35.1 Å². The lowest BCUT2D eigenvalue weighted by Crippen LogP contribution is -2.19. The van der Waals surface area contributed by atoms with Gasteiger partial charge in [-0.15, -0.1) is 0 Å². The van der Waals surface area contributed by atoms with Crippen LogP contribution in [0.5, 0.6) is 5.88 Å². The van der Waals surface area contributed by atoms with Gasteiger partial charge in [0.1, 0.15) is 12.8 Å². The van der Waals surface area contributed by atoms with E-state index in [0.29, 0.717) is 12.5 Å². The Bertz CT molecular complexity index is 327. The van der Waals surface area contributed by atoms with E-state index in [9.17, 15) is 10.1 Å². The molecular formula is C14H29N3O3. The van der Waals surface area contributed by atoms with E-state index in [4.69, 9.17) is 4.74 Å². The summed E-state index contributed by atoms with van der Waals surface area (Å²) < 4.78 is 5.28. The zero-order chi connectivity index (χ0) is 15.3. The average molecular weight is 287 g/mol. The lowest BCUT2D eigenvalue weighted by atomic mass is 10.4. The molecule has 0 radical (unpaired) electrons. The molecule has 0 unspecified atom stereocenters. The number of likely N-dealkylation sites (N-methyl/N-ethyl adjacent to an activating group) is 1. The minimum absolute atomic E-state index is 0. The van der Waals surface area contributed by atoms with Crippen molar-refractivity contribution in [3.63, 3.8) is 0 Å². The number of rotatable bonds is 5. The number of pyridine rings is 1. The molecule has 6 heteroatoms. The van der Waals surface area contributed by atoms with Crippen molar-refractivity contribution in [2.24, 2.45) is 0 Å². The van der Waals surface area contributed by atoms with Crippen LogP contribution in [0.4, 0.5) is 5.69 Å². The predicted octanol–water partition coefficient (Wildman–Crippen LogP) is 3.62. The lowest BCUT2D eigenvalue weighted by molar-refractivity contribution is -0.385. The van der Waals surface area contributed by atoms with Crippen molar-refractivity contribution >= 4 is 5.69 Å². The highest BCUT2D eigenvalue weighted by Crippen LogP contribution is 2.13. The van der Waals surface area contributed by atoms with Gasteiger partial charge < -0.3 is 9.64 Å². The first-order valence-corrected chi connectivity index (χ1v) is 6.47. The third kappa shape index (κ3) is 11.4. The van der Waals surface area contributed by atoms with Gasteiger partial charge in [0.25, 0.3) is 5.69 Å². The summed E-state index contributed by atoms with van der Waals surface area (Å²) in [6.07, 6.45) is 1.19.